The van der Waals surface area contributed by atoms with E-state index in [4.69, 9.17) is 53.8 Å². The fraction of sp³-hybridized carbons (Fsp3) is 0.475. The van der Waals surface area contributed by atoms with Crippen LogP contribution in [0.4, 0.5) is 0 Å². The van der Waals surface area contributed by atoms with Crippen molar-refractivity contribution in [1.82, 2.24) is 10.6 Å². The normalized spacial score (nSPS) is 19.2. The van der Waals surface area contributed by atoms with Gasteiger partial charge in [0.1, 0.15) is 36.1 Å². The molecule has 2 amide bonds. The third kappa shape index (κ3) is 15.5. The average Bonchev–Trinajstić information content (AvgIpc) is 3.19. The first-order valence-corrected chi connectivity index (χ1v) is 18.4. The van der Waals surface area contributed by atoms with E-state index in [2.05, 4.69) is 16.6 Å². The molecule has 0 saturated carbocycles. The predicted molar refractivity (Wildman–Crippen MR) is 203 cm³/mol. The first-order chi connectivity index (χ1) is 28.6. The highest BCUT2D eigenvalue weighted by Crippen LogP contribution is 2.37. The Labute approximate surface area is 345 Å². The van der Waals surface area contributed by atoms with Gasteiger partial charge in [-0.05, 0) is 42.5 Å². The van der Waals surface area contributed by atoms with Crippen LogP contribution in [0.3, 0.4) is 0 Å². The summed E-state index contributed by atoms with van der Waals surface area (Å²) >= 11 is 0. The molecular weight excluding hydrogens is 796 g/mol. The van der Waals surface area contributed by atoms with Gasteiger partial charge in [0.25, 0.3) is 17.6 Å². The third-order valence-corrected chi connectivity index (χ3v) is 8.16. The number of esters is 5. The van der Waals surface area contributed by atoms with Crippen molar-refractivity contribution in [3.63, 3.8) is 0 Å². The molecule has 60 heavy (non-hydrogen) atoms. The van der Waals surface area contributed by atoms with Crippen molar-refractivity contribution in [3.8, 4) is 29.6 Å². The molecule has 1 fully saturated rings. The van der Waals surface area contributed by atoms with E-state index in [1.165, 1.54) is 42.5 Å². The summed E-state index contributed by atoms with van der Waals surface area (Å²) in [7, 11) is 1.02. The SMILES string of the molecule is C#CCOCCOCCO[C@]1(C(=O)OC)C[C@H](OC(C)=O)[C@@H](NC(=O)COC(C)=O)[C@H]([C@H](OC(C)=O)[C@@H](CNC(=O)c2cccc(Oc3ccc(O)cc3)c2)OC(C)=O)O1. The number of terminal acetylenes is 1. The lowest BCUT2D eigenvalue weighted by molar-refractivity contribution is -0.315. The predicted octanol–water partition coefficient (Wildman–Crippen LogP) is 1.10. The van der Waals surface area contributed by atoms with Crippen LogP contribution in [0.1, 0.15) is 44.5 Å². The van der Waals surface area contributed by atoms with Crippen molar-refractivity contribution in [2.24, 2.45) is 0 Å². The highest BCUT2D eigenvalue weighted by Gasteiger charge is 2.59. The fourth-order valence-electron chi connectivity index (χ4n) is 5.80. The quantitative estimate of drug-likeness (QED) is 0.0649. The first-order valence-electron chi connectivity index (χ1n) is 18.4. The van der Waals surface area contributed by atoms with Crippen LogP contribution in [-0.4, -0.2) is 136 Å². The van der Waals surface area contributed by atoms with Crippen LogP contribution in [0.25, 0.3) is 0 Å². The summed E-state index contributed by atoms with van der Waals surface area (Å²) in [5.41, 5.74) is 0.0827. The average molecular weight is 845 g/mol. The molecule has 3 rings (SSSR count). The van der Waals surface area contributed by atoms with Gasteiger partial charge in [0.05, 0.1) is 52.5 Å². The largest absolute Gasteiger partial charge is 0.508 e. The number of phenols is 1. The van der Waals surface area contributed by atoms with Crippen LogP contribution >= 0.6 is 0 Å². The molecule has 2 aromatic carbocycles. The number of hydrogen-bond acceptors (Lipinski definition) is 18. The monoisotopic (exact) mass is 844 g/mol. The molecule has 20 heteroatoms. The number of nitrogens with one attached hydrogen (secondary N) is 2. The third-order valence-electron chi connectivity index (χ3n) is 8.16. The van der Waals surface area contributed by atoms with Gasteiger partial charge in [-0.3, -0.25) is 28.8 Å². The number of benzene rings is 2. The lowest BCUT2D eigenvalue weighted by atomic mass is 9.87. The Hall–Kier alpha value is -6.27. The Balaban J connectivity index is 2.05. The Morgan fingerprint density at radius 1 is 0.883 bits per heavy atom. The molecule has 326 valence electrons. The van der Waals surface area contributed by atoms with E-state index in [9.17, 15) is 38.7 Å². The first kappa shape index (κ1) is 48.1. The number of phenolic OH excluding ortho intramolecular Hbond substituents is 1. The standard InChI is InChI=1S/C40H48N2O18/c1-7-15-52-16-17-53-18-19-55-40(39(50)51-6)21-32(56-25(3)44)35(42-34(48)23-54-24(2)43)37(60-40)36(58-27(5)46)33(57-26(4)45)22-41-38(49)28-9-8-10-31(20-28)59-30-13-11-29(47)12-14-30/h1,8-14,20,32-33,35-37,47H,15-19,21-23H2,2-6H3,(H,41,49)(H,42,48)/t32-,33+,35+,36+,37+,40+/m0/s1. The van der Waals surface area contributed by atoms with Gasteiger partial charge in [-0.25, -0.2) is 4.79 Å². The maximum absolute atomic E-state index is 13.6. The van der Waals surface area contributed by atoms with Crippen molar-refractivity contribution in [2.45, 2.75) is 70.4 Å². The second-order valence-electron chi connectivity index (χ2n) is 12.8. The Kier molecular flexibility index (Phi) is 19.2. The van der Waals surface area contributed by atoms with Crippen LogP contribution in [0, 0.1) is 12.3 Å². The zero-order valence-corrected chi connectivity index (χ0v) is 33.6. The highest BCUT2D eigenvalue weighted by atomic mass is 16.7. The Morgan fingerprint density at radius 2 is 1.57 bits per heavy atom. The van der Waals surface area contributed by atoms with Crippen LogP contribution < -0.4 is 15.4 Å². The molecule has 2 aromatic rings. The molecular formula is C40H48N2O18. The van der Waals surface area contributed by atoms with Crippen molar-refractivity contribution in [2.75, 3.05) is 53.3 Å². The van der Waals surface area contributed by atoms with Crippen molar-refractivity contribution in [1.29, 1.82) is 0 Å². The van der Waals surface area contributed by atoms with Crippen LogP contribution in [0.15, 0.2) is 48.5 Å². The van der Waals surface area contributed by atoms with E-state index >= 15 is 0 Å². The van der Waals surface area contributed by atoms with E-state index in [1.807, 2.05) is 0 Å². The van der Waals surface area contributed by atoms with Gasteiger partial charge in [0.2, 0.25) is 0 Å². The number of ether oxygens (including phenoxy) is 10. The number of carbonyl (C=O) groups excluding carboxylic acids is 7. The summed E-state index contributed by atoms with van der Waals surface area (Å²) in [5.74, 6) is -5.90. The minimum absolute atomic E-state index is 0.0219. The lowest BCUT2D eigenvalue weighted by Crippen LogP contribution is -2.70. The summed E-state index contributed by atoms with van der Waals surface area (Å²) in [6, 6.07) is 10.3. The molecule has 1 aliphatic rings. The zero-order valence-electron chi connectivity index (χ0n) is 33.6. The highest BCUT2D eigenvalue weighted by molar-refractivity contribution is 5.94. The molecule has 6 atom stereocenters. The topological polar surface area (TPSA) is 256 Å². The second-order valence-corrected chi connectivity index (χ2v) is 12.8. The van der Waals surface area contributed by atoms with Gasteiger partial charge < -0.3 is 63.1 Å². The number of carbonyl (C=O) groups is 7. The van der Waals surface area contributed by atoms with Gasteiger partial charge in [-0.15, -0.1) is 6.42 Å². The molecule has 1 heterocycles. The molecule has 0 spiro atoms. The van der Waals surface area contributed by atoms with Crippen LogP contribution in [-0.2, 0) is 71.4 Å². The Morgan fingerprint density at radius 3 is 2.20 bits per heavy atom. The molecule has 0 unspecified atom stereocenters. The molecule has 20 nitrogen and oxygen atoms in total. The minimum atomic E-state index is -2.46. The summed E-state index contributed by atoms with van der Waals surface area (Å²) in [5, 5.41) is 14.7. The van der Waals surface area contributed by atoms with Gasteiger partial charge in [0.15, 0.2) is 18.8 Å². The van der Waals surface area contributed by atoms with E-state index < -0.39 is 97.5 Å². The van der Waals surface area contributed by atoms with Crippen molar-refractivity contribution >= 4 is 41.7 Å². The molecule has 0 radical (unpaired) electrons. The maximum atomic E-state index is 13.6. The number of rotatable bonds is 22. The molecule has 1 aliphatic heterocycles. The zero-order chi connectivity index (χ0) is 44.2. The van der Waals surface area contributed by atoms with Crippen LogP contribution in [0.5, 0.6) is 17.2 Å². The molecule has 3 N–H and O–H groups in total. The van der Waals surface area contributed by atoms with Crippen molar-refractivity contribution in [3.05, 3.63) is 54.1 Å². The molecule has 0 bridgehead atoms. The Bertz CT molecular complexity index is 1850. The molecule has 0 aromatic heterocycles. The van der Waals surface area contributed by atoms with E-state index in [0.29, 0.717) is 5.75 Å². The number of methoxy groups -OCH3 is 1. The van der Waals surface area contributed by atoms with E-state index in [1.54, 1.807) is 6.07 Å². The van der Waals surface area contributed by atoms with E-state index in [0.717, 1.165) is 34.8 Å². The van der Waals surface area contributed by atoms with Gasteiger partial charge >= 0.3 is 29.8 Å². The van der Waals surface area contributed by atoms with Crippen LogP contribution in [0.2, 0.25) is 0 Å². The van der Waals surface area contributed by atoms with Gasteiger partial charge in [-0.1, -0.05) is 12.0 Å². The fourth-order valence-corrected chi connectivity index (χ4v) is 5.80. The van der Waals surface area contributed by atoms with Gasteiger partial charge in [0, 0.05) is 33.3 Å². The number of aromatic hydroxyl groups is 1. The summed E-state index contributed by atoms with van der Waals surface area (Å²) in [4.78, 5) is 89.8. The molecule has 0 aliphatic carbocycles. The summed E-state index contributed by atoms with van der Waals surface area (Å²) in [6.07, 6.45) is -2.24. The summed E-state index contributed by atoms with van der Waals surface area (Å²) in [6.45, 7) is 2.57. The van der Waals surface area contributed by atoms with E-state index in [-0.39, 0.29) is 50.1 Å². The number of hydrogen-bond donors (Lipinski definition) is 3. The van der Waals surface area contributed by atoms with Gasteiger partial charge in [-0.2, -0.15) is 0 Å². The maximum Gasteiger partial charge on any atom is 0.366 e. The van der Waals surface area contributed by atoms with Crippen molar-refractivity contribution < 1.29 is 86.0 Å². The minimum Gasteiger partial charge on any atom is -0.508 e. The smallest absolute Gasteiger partial charge is 0.366 e. The lowest BCUT2D eigenvalue weighted by Gasteiger charge is -2.48. The summed E-state index contributed by atoms with van der Waals surface area (Å²) < 4.78 is 55.4. The second kappa shape index (κ2) is 24.0. The molecule has 1 saturated heterocycles. The number of amides is 2.